The molecule has 1 aromatic heterocycles. The van der Waals surface area contributed by atoms with Crippen molar-refractivity contribution in [3.63, 3.8) is 0 Å². The van der Waals surface area contributed by atoms with E-state index in [2.05, 4.69) is 15.3 Å². The van der Waals surface area contributed by atoms with Gasteiger partial charge >= 0.3 is 0 Å². The van der Waals surface area contributed by atoms with Crippen LogP contribution < -0.4 is 11.1 Å². The summed E-state index contributed by atoms with van der Waals surface area (Å²) < 4.78 is 0. The minimum Gasteiger partial charge on any atom is -0.320 e. The molecule has 0 saturated carbocycles. The number of hydrogen-bond acceptors (Lipinski definition) is 4. The van der Waals surface area contributed by atoms with E-state index >= 15 is 0 Å². The Morgan fingerprint density at radius 3 is 2.62 bits per heavy atom. The zero-order chi connectivity index (χ0) is 12.3. The Bertz CT molecular complexity index is 374. The standard InChI is InChI=1S/C10H15ClN4O/c1-5(2)8(12)9(16)15-10-13-6(3)4-7(11)14-10/h4-5,8H,12H2,1-3H3,(H,13,14,15,16)/t8-/m1/s1. The number of hydrogen-bond donors (Lipinski definition) is 2. The van der Waals surface area contributed by atoms with E-state index in [1.165, 1.54) is 0 Å². The molecule has 0 spiro atoms. The Morgan fingerprint density at radius 2 is 2.12 bits per heavy atom. The lowest BCUT2D eigenvalue weighted by molar-refractivity contribution is -0.118. The predicted molar refractivity (Wildman–Crippen MR) is 63.2 cm³/mol. The molecular formula is C10H15ClN4O. The molecule has 1 rings (SSSR count). The highest BCUT2D eigenvalue weighted by Gasteiger charge is 2.18. The fraction of sp³-hybridized carbons (Fsp3) is 0.500. The van der Waals surface area contributed by atoms with Gasteiger partial charge in [0.2, 0.25) is 11.9 Å². The van der Waals surface area contributed by atoms with Crippen LogP contribution in [0.2, 0.25) is 5.15 Å². The van der Waals surface area contributed by atoms with Crippen LogP contribution in [-0.4, -0.2) is 21.9 Å². The van der Waals surface area contributed by atoms with Crippen LogP contribution in [0.15, 0.2) is 6.07 Å². The van der Waals surface area contributed by atoms with E-state index in [1.54, 1.807) is 13.0 Å². The molecule has 0 saturated heterocycles. The molecule has 0 aromatic carbocycles. The zero-order valence-electron chi connectivity index (χ0n) is 9.49. The first-order valence-corrected chi connectivity index (χ1v) is 5.35. The number of nitrogens with one attached hydrogen (secondary N) is 1. The highest BCUT2D eigenvalue weighted by atomic mass is 35.5. The van der Waals surface area contributed by atoms with Crippen LogP contribution in [-0.2, 0) is 4.79 Å². The molecular weight excluding hydrogens is 228 g/mol. The summed E-state index contributed by atoms with van der Waals surface area (Å²) in [7, 11) is 0. The Morgan fingerprint density at radius 1 is 1.50 bits per heavy atom. The number of aromatic nitrogens is 2. The number of halogens is 1. The molecule has 0 bridgehead atoms. The second-order valence-electron chi connectivity index (χ2n) is 3.91. The quantitative estimate of drug-likeness (QED) is 0.785. The lowest BCUT2D eigenvalue weighted by Crippen LogP contribution is -2.40. The highest BCUT2D eigenvalue weighted by Crippen LogP contribution is 2.10. The maximum atomic E-state index is 11.6. The van der Waals surface area contributed by atoms with Crippen LogP contribution >= 0.6 is 11.6 Å². The van der Waals surface area contributed by atoms with Crippen LogP contribution in [0, 0.1) is 12.8 Å². The van der Waals surface area contributed by atoms with Crippen molar-refractivity contribution in [1.82, 2.24) is 9.97 Å². The Hall–Kier alpha value is -1.20. The number of carbonyl (C=O) groups is 1. The van der Waals surface area contributed by atoms with E-state index < -0.39 is 6.04 Å². The maximum absolute atomic E-state index is 11.6. The third kappa shape index (κ3) is 3.43. The maximum Gasteiger partial charge on any atom is 0.243 e. The van der Waals surface area contributed by atoms with E-state index in [9.17, 15) is 4.79 Å². The second kappa shape index (κ2) is 5.23. The van der Waals surface area contributed by atoms with E-state index in [0.717, 1.165) is 0 Å². The number of carbonyl (C=O) groups excluding carboxylic acids is 1. The van der Waals surface area contributed by atoms with Gasteiger partial charge in [0.25, 0.3) is 0 Å². The summed E-state index contributed by atoms with van der Waals surface area (Å²) in [5.74, 6) is -0.0666. The monoisotopic (exact) mass is 242 g/mol. The minimum absolute atomic E-state index is 0.0558. The van der Waals surface area contributed by atoms with Crippen LogP contribution in [0.5, 0.6) is 0 Å². The average molecular weight is 243 g/mol. The number of nitrogens with two attached hydrogens (primary N) is 1. The van der Waals surface area contributed by atoms with Crippen LogP contribution in [0.3, 0.4) is 0 Å². The molecule has 1 aromatic rings. The van der Waals surface area contributed by atoms with Crippen molar-refractivity contribution in [1.29, 1.82) is 0 Å². The summed E-state index contributed by atoms with van der Waals surface area (Å²) in [6, 6.07) is 1.03. The van der Waals surface area contributed by atoms with Crippen molar-refractivity contribution in [2.75, 3.05) is 5.32 Å². The van der Waals surface area contributed by atoms with Crippen LogP contribution in [0.1, 0.15) is 19.5 Å². The first-order chi connectivity index (χ1) is 7.40. The molecule has 0 aliphatic carbocycles. The first kappa shape index (κ1) is 12.9. The van der Waals surface area contributed by atoms with Crippen LogP contribution in [0.4, 0.5) is 5.95 Å². The van der Waals surface area contributed by atoms with Crippen molar-refractivity contribution in [3.05, 3.63) is 16.9 Å². The summed E-state index contributed by atoms with van der Waals surface area (Å²) >= 11 is 5.74. The first-order valence-electron chi connectivity index (χ1n) is 4.97. The van der Waals surface area contributed by atoms with Crippen molar-refractivity contribution < 1.29 is 4.79 Å². The molecule has 16 heavy (non-hydrogen) atoms. The third-order valence-electron chi connectivity index (χ3n) is 2.08. The van der Waals surface area contributed by atoms with E-state index in [1.807, 2.05) is 13.8 Å². The summed E-state index contributed by atoms with van der Waals surface area (Å²) in [5, 5.41) is 2.83. The summed E-state index contributed by atoms with van der Waals surface area (Å²) in [4.78, 5) is 19.5. The second-order valence-corrected chi connectivity index (χ2v) is 4.30. The van der Waals surface area contributed by atoms with Gasteiger partial charge in [0, 0.05) is 5.69 Å². The van der Waals surface area contributed by atoms with E-state index in [-0.39, 0.29) is 17.8 Å². The van der Waals surface area contributed by atoms with Gasteiger partial charge in [-0.25, -0.2) is 9.97 Å². The molecule has 5 nitrogen and oxygen atoms in total. The lowest BCUT2D eigenvalue weighted by Gasteiger charge is -2.14. The van der Waals surface area contributed by atoms with Crippen LogP contribution in [0.25, 0.3) is 0 Å². The number of rotatable bonds is 3. The fourth-order valence-electron chi connectivity index (χ4n) is 1.08. The molecule has 6 heteroatoms. The largest absolute Gasteiger partial charge is 0.320 e. The van der Waals surface area contributed by atoms with Crippen molar-refractivity contribution in [3.8, 4) is 0 Å². The smallest absolute Gasteiger partial charge is 0.243 e. The van der Waals surface area contributed by atoms with Gasteiger partial charge in [0.15, 0.2) is 0 Å². The molecule has 1 atom stereocenters. The van der Waals surface area contributed by atoms with Gasteiger partial charge < -0.3 is 5.73 Å². The number of nitrogens with zero attached hydrogens (tertiary/aromatic N) is 2. The molecule has 0 fully saturated rings. The summed E-state index contributed by atoms with van der Waals surface area (Å²) in [6.07, 6.45) is 0. The normalized spacial score (nSPS) is 12.6. The lowest BCUT2D eigenvalue weighted by atomic mass is 10.1. The third-order valence-corrected chi connectivity index (χ3v) is 2.27. The fourth-order valence-corrected chi connectivity index (χ4v) is 1.32. The summed E-state index contributed by atoms with van der Waals surface area (Å²) in [5.41, 5.74) is 6.37. The molecule has 1 amide bonds. The van der Waals surface area contributed by atoms with Gasteiger partial charge in [0.1, 0.15) is 5.15 Å². The summed E-state index contributed by atoms with van der Waals surface area (Å²) in [6.45, 7) is 5.51. The van der Waals surface area contributed by atoms with Crippen molar-refractivity contribution in [2.24, 2.45) is 11.7 Å². The highest BCUT2D eigenvalue weighted by molar-refractivity contribution is 6.29. The zero-order valence-corrected chi connectivity index (χ0v) is 10.2. The molecule has 88 valence electrons. The Labute approximate surface area is 99.4 Å². The van der Waals surface area contributed by atoms with Crippen molar-refractivity contribution >= 4 is 23.5 Å². The molecule has 1 heterocycles. The van der Waals surface area contributed by atoms with Gasteiger partial charge in [-0.05, 0) is 18.9 Å². The number of aryl methyl sites for hydroxylation is 1. The van der Waals surface area contributed by atoms with Crippen molar-refractivity contribution in [2.45, 2.75) is 26.8 Å². The molecule has 0 aliphatic heterocycles. The molecule has 0 aliphatic rings. The minimum atomic E-state index is -0.581. The van der Waals surface area contributed by atoms with Gasteiger partial charge in [0.05, 0.1) is 6.04 Å². The van der Waals surface area contributed by atoms with Gasteiger partial charge in [-0.15, -0.1) is 0 Å². The molecule has 0 unspecified atom stereocenters. The average Bonchev–Trinajstić information content (AvgIpc) is 2.14. The van der Waals surface area contributed by atoms with Gasteiger partial charge in [-0.2, -0.15) is 0 Å². The topological polar surface area (TPSA) is 80.9 Å². The SMILES string of the molecule is Cc1cc(Cl)nc(NC(=O)[C@H](N)C(C)C)n1. The van der Waals surface area contributed by atoms with Gasteiger partial charge in [-0.1, -0.05) is 25.4 Å². The van der Waals surface area contributed by atoms with E-state index in [0.29, 0.717) is 10.8 Å². The molecule has 0 radical (unpaired) electrons. The molecule has 3 N–H and O–H groups in total. The number of amides is 1. The van der Waals surface area contributed by atoms with E-state index in [4.69, 9.17) is 17.3 Å². The number of anilines is 1. The predicted octanol–water partition coefficient (Wildman–Crippen LogP) is 1.36. The Kier molecular flexibility index (Phi) is 4.20. The van der Waals surface area contributed by atoms with Gasteiger partial charge in [-0.3, -0.25) is 10.1 Å². The Balaban J connectivity index is 2.77.